The Bertz CT molecular complexity index is 512. The SMILES string of the molecule is CC(C)N=C(NN)c1cnn2ccccc12. The van der Waals surface area contributed by atoms with Crippen LogP contribution in [0.1, 0.15) is 19.4 Å². The van der Waals surface area contributed by atoms with E-state index in [1.165, 1.54) is 0 Å². The maximum Gasteiger partial charge on any atom is 0.146 e. The van der Waals surface area contributed by atoms with Gasteiger partial charge in [-0.2, -0.15) is 5.10 Å². The number of hydrazine groups is 1. The second-order valence-electron chi connectivity index (χ2n) is 3.80. The van der Waals surface area contributed by atoms with Crippen molar-refractivity contribution in [1.29, 1.82) is 0 Å². The molecule has 0 spiro atoms. The lowest BCUT2D eigenvalue weighted by molar-refractivity contribution is 0.821. The minimum absolute atomic E-state index is 0.185. The summed E-state index contributed by atoms with van der Waals surface area (Å²) in [7, 11) is 0. The van der Waals surface area contributed by atoms with E-state index in [1.807, 2.05) is 38.2 Å². The van der Waals surface area contributed by atoms with E-state index >= 15 is 0 Å². The largest absolute Gasteiger partial charge is 0.308 e. The van der Waals surface area contributed by atoms with Crippen molar-refractivity contribution in [1.82, 2.24) is 15.0 Å². The highest BCUT2D eigenvalue weighted by Crippen LogP contribution is 2.10. The van der Waals surface area contributed by atoms with E-state index in [1.54, 1.807) is 10.7 Å². The first-order valence-corrected chi connectivity index (χ1v) is 5.19. The number of nitrogens with zero attached hydrogens (tertiary/aromatic N) is 3. The zero-order valence-electron chi connectivity index (χ0n) is 9.38. The van der Waals surface area contributed by atoms with Crippen LogP contribution in [0.15, 0.2) is 35.6 Å². The molecule has 0 bridgehead atoms. The van der Waals surface area contributed by atoms with Gasteiger partial charge in [-0.15, -0.1) is 0 Å². The number of rotatable bonds is 2. The van der Waals surface area contributed by atoms with Gasteiger partial charge in [0.1, 0.15) is 5.84 Å². The van der Waals surface area contributed by atoms with Crippen LogP contribution in [0, 0.1) is 0 Å². The molecule has 0 amide bonds. The molecule has 0 radical (unpaired) electrons. The average Bonchev–Trinajstić information content (AvgIpc) is 2.69. The van der Waals surface area contributed by atoms with Crippen molar-refractivity contribution in [3.05, 3.63) is 36.2 Å². The van der Waals surface area contributed by atoms with E-state index in [-0.39, 0.29) is 6.04 Å². The number of aliphatic imine (C=N–C) groups is 1. The summed E-state index contributed by atoms with van der Waals surface area (Å²) in [6.45, 7) is 4.01. The molecule has 0 fully saturated rings. The zero-order chi connectivity index (χ0) is 11.5. The molecule has 0 atom stereocenters. The first-order chi connectivity index (χ1) is 7.72. The Morgan fingerprint density at radius 2 is 2.31 bits per heavy atom. The van der Waals surface area contributed by atoms with Crippen LogP contribution < -0.4 is 11.3 Å². The molecule has 0 aliphatic heterocycles. The Balaban J connectivity index is 2.54. The summed E-state index contributed by atoms with van der Waals surface area (Å²) in [6.07, 6.45) is 3.65. The molecule has 5 nitrogen and oxygen atoms in total. The molecule has 2 aromatic heterocycles. The van der Waals surface area contributed by atoms with Gasteiger partial charge in [0.15, 0.2) is 0 Å². The number of pyridine rings is 1. The van der Waals surface area contributed by atoms with E-state index in [2.05, 4.69) is 15.5 Å². The molecule has 0 aliphatic rings. The lowest BCUT2D eigenvalue weighted by Gasteiger charge is -2.05. The highest BCUT2D eigenvalue weighted by molar-refractivity contribution is 6.04. The number of hydrogen-bond acceptors (Lipinski definition) is 3. The monoisotopic (exact) mass is 217 g/mol. The van der Waals surface area contributed by atoms with Gasteiger partial charge in [0, 0.05) is 12.2 Å². The van der Waals surface area contributed by atoms with Crippen molar-refractivity contribution in [3.8, 4) is 0 Å². The summed E-state index contributed by atoms with van der Waals surface area (Å²) < 4.78 is 1.79. The first-order valence-electron chi connectivity index (χ1n) is 5.19. The fraction of sp³-hybridized carbons (Fsp3) is 0.273. The fourth-order valence-electron chi connectivity index (χ4n) is 1.56. The standard InChI is InChI=1S/C11H15N5/c1-8(2)14-11(15-12)9-7-13-16-6-4-3-5-10(9)16/h3-8H,12H2,1-2H3,(H,14,15). The molecule has 3 N–H and O–H groups in total. The number of amidine groups is 1. The van der Waals surface area contributed by atoms with Crippen LogP contribution in [0.3, 0.4) is 0 Å². The number of nitrogens with one attached hydrogen (secondary N) is 1. The number of fused-ring (bicyclic) bond motifs is 1. The van der Waals surface area contributed by atoms with Crippen molar-refractivity contribution in [2.45, 2.75) is 19.9 Å². The van der Waals surface area contributed by atoms with Gasteiger partial charge >= 0.3 is 0 Å². The number of aromatic nitrogens is 2. The number of nitrogens with two attached hydrogens (primary N) is 1. The molecule has 84 valence electrons. The minimum atomic E-state index is 0.185. The Morgan fingerprint density at radius 3 is 3.00 bits per heavy atom. The maximum absolute atomic E-state index is 5.49. The van der Waals surface area contributed by atoms with Crippen LogP contribution in [0.5, 0.6) is 0 Å². The molecular weight excluding hydrogens is 202 g/mol. The Morgan fingerprint density at radius 1 is 1.50 bits per heavy atom. The minimum Gasteiger partial charge on any atom is -0.308 e. The van der Waals surface area contributed by atoms with Gasteiger partial charge in [0.05, 0.1) is 17.3 Å². The molecule has 0 saturated heterocycles. The molecule has 2 aromatic rings. The second kappa shape index (κ2) is 4.32. The van der Waals surface area contributed by atoms with Crippen molar-refractivity contribution >= 4 is 11.4 Å². The molecule has 0 aromatic carbocycles. The molecular formula is C11H15N5. The summed E-state index contributed by atoms with van der Waals surface area (Å²) in [6, 6.07) is 6.06. The van der Waals surface area contributed by atoms with Crippen molar-refractivity contribution in [2.75, 3.05) is 0 Å². The normalized spacial score (nSPS) is 12.4. The fourth-order valence-corrected chi connectivity index (χ4v) is 1.56. The van der Waals surface area contributed by atoms with Crippen LogP contribution in [0.4, 0.5) is 0 Å². The van der Waals surface area contributed by atoms with Gasteiger partial charge in [-0.25, -0.2) is 10.4 Å². The molecule has 2 rings (SSSR count). The third-order valence-electron chi connectivity index (χ3n) is 2.21. The van der Waals surface area contributed by atoms with E-state index < -0.39 is 0 Å². The van der Waals surface area contributed by atoms with Gasteiger partial charge in [-0.05, 0) is 26.0 Å². The van der Waals surface area contributed by atoms with Gasteiger partial charge in [0.25, 0.3) is 0 Å². The van der Waals surface area contributed by atoms with Gasteiger partial charge in [0.2, 0.25) is 0 Å². The lowest BCUT2D eigenvalue weighted by atomic mass is 10.2. The molecule has 0 saturated carbocycles. The number of hydrogen-bond donors (Lipinski definition) is 2. The van der Waals surface area contributed by atoms with Gasteiger partial charge in [-0.1, -0.05) is 6.07 Å². The maximum atomic E-state index is 5.49. The van der Waals surface area contributed by atoms with E-state index in [0.717, 1.165) is 11.1 Å². The Labute approximate surface area is 94.0 Å². The van der Waals surface area contributed by atoms with Crippen molar-refractivity contribution < 1.29 is 0 Å². The second-order valence-corrected chi connectivity index (χ2v) is 3.80. The van der Waals surface area contributed by atoms with Crippen molar-refractivity contribution in [2.24, 2.45) is 10.8 Å². The van der Waals surface area contributed by atoms with E-state index in [0.29, 0.717) is 5.84 Å². The predicted molar refractivity (Wildman–Crippen MR) is 64.2 cm³/mol. The highest BCUT2D eigenvalue weighted by Gasteiger charge is 2.09. The lowest BCUT2D eigenvalue weighted by Crippen LogP contribution is -2.31. The van der Waals surface area contributed by atoms with Crippen LogP contribution in [-0.4, -0.2) is 21.5 Å². The highest BCUT2D eigenvalue weighted by atomic mass is 15.3. The Kier molecular flexibility index (Phi) is 2.87. The average molecular weight is 217 g/mol. The van der Waals surface area contributed by atoms with Crippen LogP contribution >= 0.6 is 0 Å². The van der Waals surface area contributed by atoms with Gasteiger partial charge < -0.3 is 5.43 Å². The van der Waals surface area contributed by atoms with Crippen LogP contribution in [0.2, 0.25) is 0 Å². The molecule has 16 heavy (non-hydrogen) atoms. The zero-order valence-corrected chi connectivity index (χ0v) is 9.38. The molecule has 0 unspecified atom stereocenters. The summed E-state index contributed by atoms with van der Waals surface area (Å²) in [5.41, 5.74) is 4.52. The summed E-state index contributed by atoms with van der Waals surface area (Å²) >= 11 is 0. The summed E-state index contributed by atoms with van der Waals surface area (Å²) in [5.74, 6) is 6.15. The van der Waals surface area contributed by atoms with Crippen LogP contribution in [-0.2, 0) is 0 Å². The first kappa shape index (κ1) is 10.6. The van der Waals surface area contributed by atoms with Crippen molar-refractivity contribution in [3.63, 3.8) is 0 Å². The molecule has 2 heterocycles. The van der Waals surface area contributed by atoms with E-state index in [4.69, 9.17) is 5.84 Å². The summed E-state index contributed by atoms with van der Waals surface area (Å²) in [5, 5.41) is 4.24. The van der Waals surface area contributed by atoms with E-state index in [9.17, 15) is 0 Å². The smallest absolute Gasteiger partial charge is 0.146 e. The van der Waals surface area contributed by atoms with Crippen LogP contribution in [0.25, 0.3) is 5.52 Å². The summed E-state index contributed by atoms with van der Waals surface area (Å²) in [4.78, 5) is 4.42. The third kappa shape index (κ3) is 1.90. The molecule has 0 aliphatic carbocycles. The topological polar surface area (TPSA) is 67.7 Å². The Hall–Kier alpha value is -1.88. The molecule has 5 heteroatoms. The third-order valence-corrected chi connectivity index (χ3v) is 2.21. The quantitative estimate of drug-likeness (QED) is 0.340. The van der Waals surface area contributed by atoms with Gasteiger partial charge in [-0.3, -0.25) is 4.99 Å². The predicted octanol–water partition coefficient (Wildman–Crippen LogP) is 0.953.